The molecule has 2 fully saturated rings. The topological polar surface area (TPSA) is 18.5 Å². The maximum absolute atomic E-state index is 3.98. The Bertz CT molecular complexity index is 256. The first-order valence-electron chi connectivity index (χ1n) is 8.36. The van der Waals surface area contributed by atoms with Crippen LogP contribution in [0.3, 0.4) is 0 Å². The van der Waals surface area contributed by atoms with Crippen LogP contribution in [-0.2, 0) is 0 Å². The molecule has 2 aliphatic heterocycles. The van der Waals surface area contributed by atoms with Gasteiger partial charge in [-0.1, -0.05) is 13.8 Å². The smallest absolute Gasteiger partial charge is 0.0120 e. The highest BCUT2D eigenvalue weighted by molar-refractivity contribution is 4.85. The molecule has 3 heteroatoms. The van der Waals surface area contributed by atoms with E-state index in [1.54, 1.807) is 0 Å². The van der Waals surface area contributed by atoms with Crippen LogP contribution >= 0.6 is 0 Å². The molecule has 0 spiro atoms. The maximum atomic E-state index is 3.98. The average molecular weight is 267 g/mol. The zero-order valence-corrected chi connectivity index (χ0v) is 13.2. The molecule has 0 radical (unpaired) electrons. The van der Waals surface area contributed by atoms with E-state index in [9.17, 15) is 0 Å². The molecular weight excluding hydrogens is 234 g/mol. The predicted molar refractivity (Wildman–Crippen MR) is 82.6 cm³/mol. The second kappa shape index (κ2) is 7.61. The van der Waals surface area contributed by atoms with Gasteiger partial charge in [-0.05, 0) is 71.2 Å². The molecule has 0 bridgehead atoms. The molecule has 0 aromatic heterocycles. The quantitative estimate of drug-likeness (QED) is 0.842. The van der Waals surface area contributed by atoms with Crippen LogP contribution in [0.15, 0.2) is 0 Å². The van der Waals surface area contributed by atoms with E-state index in [4.69, 9.17) is 0 Å². The van der Waals surface area contributed by atoms with Crippen molar-refractivity contribution in [3.63, 3.8) is 0 Å². The fourth-order valence-electron chi connectivity index (χ4n) is 3.77. The van der Waals surface area contributed by atoms with Gasteiger partial charge in [0.25, 0.3) is 0 Å². The molecule has 0 aromatic carbocycles. The van der Waals surface area contributed by atoms with E-state index in [0.717, 1.165) is 18.0 Å². The first kappa shape index (κ1) is 15.3. The summed E-state index contributed by atoms with van der Waals surface area (Å²) >= 11 is 0. The number of hydrogen-bond donors (Lipinski definition) is 1. The van der Waals surface area contributed by atoms with Crippen molar-refractivity contribution in [2.24, 2.45) is 5.92 Å². The van der Waals surface area contributed by atoms with Crippen molar-refractivity contribution < 1.29 is 0 Å². The average Bonchev–Trinajstić information content (AvgIpc) is 2.59. The van der Waals surface area contributed by atoms with Gasteiger partial charge in [-0.2, -0.15) is 0 Å². The lowest BCUT2D eigenvalue weighted by molar-refractivity contribution is 0.163. The number of nitrogens with zero attached hydrogens (tertiary/aromatic N) is 2. The lowest BCUT2D eigenvalue weighted by Gasteiger charge is -2.37. The summed E-state index contributed by atoms with van der Waals surface area (Å²) in [6.07, 6.45) is 6.72. The summed E-state index contributed by atoms with van der Waals surface area (Å²) in [5.41, 5.74) is 0. The minimum absolute atomic E-state index is 0.749. The Hall–Kier alpha value is -0.120. The van der Waals surface area contributed by atoms with Gasteiger partial charge >= 0.3 is 0 Å². The van der Waals surface area contributed by atoms with E-state index in [-0.39, 0.29) is 0 Å². The Morgan fingerprint density at radius 2 is 1.95 bits per heavy atom. The van der Waals surface area contributed by atoms with E-state index in [1.165, 1.54) is 64.8 Å². The van der Waals surface area contributed by atoms with E-state index >= 15 is 0 Å². The van der Waals surface area contributed by atoms with Gasteiger partial charge in [0, 0.05) is 18.6 Å². The lowest BCUT2D eigenvalue weighted by Crippen LogP contribution is -2.50. The van der Waals surface area contributed by atoms with Crippen LogP contribution in [0.5, 0.6) is 0 Å². The summed E-state index contributed by atoms with van der Waals surface area (Å²) < 4.78 is 0. The molecular formula is C16H33N3. The molecule has 2 rings (SSSR count). The molecule has 1 N–H and O–H groups in total. The third-order valence-corrected chi connectivity index (χ3v) is 4.92. The zero-order valence-electron chi connectivity index (χ0n) is 13.2. The molecule has 3 atom stereocenters. The first-order chi connectivity index (χ1) is 9.19. The summed E-state index contributed by atoms with van der Waals surface area (Å²) in [7, 11) is 2.25. The van der Waals surface area contributed by atoms with E-state index in [1.807, 2.05) is 0 Å². The van der Waals surface area contributed by atoms with Crippen LogP contribution < -0.4 is 5.32 Å². The van der Waals surface area contributed by atoms with Gasteiger partial charge in [0.05, 0.1) is 0 Å². The standard InChI is InChI=1S/C16H33N3/c1-4-9-19-10-5-6-15(7-12-19)17-16-8-11-18(3)13-14(16)2/h14-17H,4-13H2,1-3H3. The monoisotopic (exact) mass is 267 g/mol. The van der Waals surface area contributed by atoms with Gasteiger partial charge in [-0.15, -0.1) is 0 Å². The minimum Gasteiger partial charge on any atom is -0.311 e. The SMILES string of the molecule is CCCN1CCCC(NC2CCN(C)CC2C)CC1. The number of rotatable bonds is 4. The van der Waals surface area contributed by atoms with Crippen molar-refractivity contribution in [3.05, 3.63) is 0 Å². The van der Waals surface area contributed by atoms with Crippen molar-refractivity contribution in [2.75, 3.05) is 39.8 Å². The largest absolute Gasteiger partial charge is 0.311 e. The Kier molecular flexibility index (Phi) is 6.11. The summed E-state index contributed by atoms with van der Waals surface area (Å²) in [6.45, 7) is 11.1. The van der Waals surface area contributed by atoms with Gasteiger partial charge in [0.15, 0.2) is 0 Å². The van der Waals surface area contributed by atoms with Crippen LogP contribution in [0.1, 0.15) is 46.0 Å². The normalized spacial score (nSPS) is 35.2. The molecule has 2 saturated heterocycles. The highest BCUT2D eigenvalue weighted by atomic mass is 15.1. The van der Waals surface area contributed by atoms with Gasteiger partial charge < -0.3 is 15.1 Å². The minimum atomic E-state index is 0.749. The second-order valence-corrected chi connectivity index (χ2v) is 6.77. The highest BCUT2D eigenvalue weighted by Crippen LogP contribution is 2.19. The van der Waals surface area contributed by atoms with Gasteiger partial charge in [0.1, 0.15) is 0 Å². The molecule has 2 heterocycles. The van der Waals surface area contributed by atoms with Crippen molar-refractivity contribution in [1.29, 1.82) is 0 Å². The Morgan fingerprint density at radius 3 is 2.68 bits per heavy atom. The summed E-state index contributed by atoms with van der Waals surface area (Å²) in [5, 5.41) is 3.98. The molecule has 112 valence electrons. The predicted octanol–water partition coefficient (Wildman–Crippen LogP) is 2.18. The number of nitrogens with one attached hydrogen (secondary N) is 1. The van der Waals surface area contributed by atoms with Gasteiger partial charge in [-0.25, -0.2) is 0 Å². The molecule has 3 nitrogen and oxygen atoms in total. The third-order valence-electron chi connectivity index (χ3n) is 4.92. The zero-order chi connectivity index (χ0) is 13.7. The Balaban J connectivity index is 1.76. The number of hydrogen-bond acceptors (Lipinski definition) is 3. The molecule has 0 saturated carbocycles. The fourth-order valence-corrected chi connectivity index (χ4v) is 3.77. The molecule has 19 heavy (non-hydrogen) atoms. The van der Waals surface area contributed by atoms with Gasteiger partial charge in [0.2, 0.25) is 0 Å². The van der Waals surface area contributed by atoms with Crippen molar-refractivity contribution >= 4 is 0 Å². The molecule has 0 aromatic rings. The van der Waals surface area contributed by atoms with E-state index in [2.05, 4.69) is 36.0 Å². The second-order valence-electron chi connectivity index (χ2n) is 6.77. The van der Waals surface area contributed by atoms with Crippen LogP contribution in [0.2, 0.25) is 0 Å². The molecule has 0 amide bonds. The van der Waals surface area contributed by atoms with E-state index < -0.39 is 0 Å². The number of likely N-dealkylation sites (tertiary alicyclic amines) is 2. The summed E-state index contributed by atoms with van der Waals surface area (Å²) in [6, 6.07) is 1.51. The third kappa shape index (κ3) is 4.73. The summed E-state index contributed by atoms with van der Waals surface area (Å²) in [5.74, 6) is 0.800. The van der Waals surface area contributed by atoms with Crippen molar-refractivity contribution in [3.8, 4) is 0 Å². The molecule has 0 aliphatic carbocycles. The number of piperidine rings is 1. The highest BCUT2D eigenvalue weighted by Gasteiger charge is 2.26. The van der Waals surface area contributed by atoms with Gasteiger partial charge in [-0.3, -0.25) is 0 Å². The molecule has 3 unspecified atom stereocenters. The maximum Gasteiger partial charge on any atom is 0.0120 e. The van der Waals surface area contributed by atoms with Crippen LogP contribution in [0, 0.1) is 5.92 Å². The fraction of sp³-hybridized carbons (Fsp3) is 1.00. The lowest BCUT2D eigenvalue weighted by atomic mass is 9.92. The van der Waals surface area contributed by atoms with Crippen molar-refractivity contribution in [1.82, 2.24) is 15.1 Å². The Morgan fingerprint density at radius 1 is 1.11 bits per heavy atom. The Labute approximate surface area is 119 Å². The van der Waals surface area contributed by atoms with Crippen LogP contribution in [0.4, 0.5) is 0 Å². The van der Waals surface area contributed by atoms with Crippen LogP contribution in [0.25, 0.3) is 0 Å². The molecule has 2 aliphatic rings. The summed E-state index contributed by atoms with van der Waals surface area (Å²) in [4.78, 5) is 5.12. The van der Waals surface area contributed by atoms with Crippen LogP contribution in [-0.4, -0.2) is 61.7 Å². The van der Waals surface area contributed by atoms with Crippen molar-refractivity contribution in [2.45, 2.75) is 58.0 Å². The first-order valence-corrected chi connectivity index (χ1v) is 8.36. The van der Waals surface area contributed by atoms with E-state index in [0.29, 0.717) is 0 Å².